The van der Waals surface area contributed by atoms with Gasteiger partial charge in [-0.2, -0.15) is 9.78 Å². The topological polar surface area (TPSA) is 99.6 Å². The molecule has 0 spiro atoms. The second kappa shape index (κ2) is 11.4. The molecule has 0 unspecified atom stereocenters. The Morgan fingerprint density at radius 1 is 1.16 bits per heavy atom. The normalized spacial score (nSPS) is 12.2. The van der Waals surface area contributed by atoms with Crippen LogP contribution in [0.1, 0.15) is 48.7 Å². The molecule has 0 N–H and O–H groups in total. The molecule has 190 valence electrons. The third-order valence-electron chi connectivity index (χ3n) is 5.92. The van der Waals surface area contributed by atoms with E-state index >= 15 is 0 Å². The number of halogens is 2. The third-order valence-corrected chi connectivity index (χ3v) is 6.88. The SMILES string of the molecule is CC[C@@H](C)c1nc2ccc(Br)cc2c(=O)n1N=Cc1cc(Br)cc([N+](=O)[O-])c1OCc1cccc(C)c1. The van der Waals surface area contributed by atoms with E-state index in [1.165, 1.54) is 17.0 Å². The highest BCUT2D eigenvalue weighted by Crippen LogP contribution is 2.34. The molecule has 4 aromatic rings. The molecule has 0 amide bonds. The number of benzene rings is 3. The summed E-state index contributed by atoms with van der Waals surface area (Å²) in [5.41, 5.74) is 2.32. The van der Waals surface area contributed by atoms with Gasteiger partial charge in [-0.15, -0.1) is 0 Å². The fraction of sp³-hybridized carbons (Fsp3) is 0.222. The number of rotatable bonds is 8. The van der Waals surface area contributed by atoms with Crippen molar-refractivity contribution in [2.24, 2.45) is 5.10 Å². The number of fused-ring (bicyclic) bond motifs is 1. The standard InChI is InChI=1S/C27H24Br2N4O4/c1-4-17(3)26-31-23-9-8-20(28)12-22(23)27(34)32(26)30-14-19-11-21(29)13-24(33(35)36)25(19)37-15-18-7-5-6-16(2)10-18/h5-14,17H,4,15H2,1-3H3/t17-/m1/s1. The first-order valence-corrected chi connectivity index (χ1v) is 13.2. The summed E-state index contributed by atoms with van der Waals surface area (Å²) >= 11 is 6.75. The van der Waals surface area contributed by atoms with Crippen molar-refractivity contribution >= 4 is 54.7 Å². The van der Waals surface area contributed by atoms with Gasteiger partial charge in [-0.3, -0.25) is 14.9 Å². The van der Waals surface area contributed by atoms with E-state index in [2.05, 4.69) is 37.0 Å². The highest BCUT2D eigenvalue weighted by molar-refractivity contribution is 9.10. The van der Waals surface area contributed by atoms with Gasteiger partial charge in [0.15, 0.2) is 0 Å². The van der Waals surface area contributed by atoms with Crippen LogP contribution < -0.4 is 10.3 Å². The van der Waals surface area contributed by atoms with Gasteiger partial charge in [-0.05, 0) is 43.2 Å². The lowest BCUT2D eigenvalue weighted by Gasteiger charge is -2.14. The number of hydrogen-bond acceptors (Lipinski definition) is 6. The minimum Gasteiger partial charge on any atom is -0.481 e. The Hall–Kier alpha value is -3.37. The Bertz CT molecular complexity index is 1580. The Balaban J connectivity index is 1.84. The summed E-state index contributed by atoms with van der Waals surface area (Å²) in [6, 6.07) is 16.1. The number of aryl methyl sites for hydroxylation is 1. The molecule has 37 heavy (non-hydrogen) atoms. The molecule has 0 fully saturated rings. The van der Waals surface area contributed by atoms with Gasteiger partial charge in [-0.25, -0.2) is 4.98 Å². The molecular formula is C27H24Br2N4O4. The predicted molar refractivity (Wildman–Crippen MR) is 152 cm³/mol. The quantitative estimate of drug-likeness (QED) is 0.118. The van der Waals surface area contributed by atoms with E-state index in [0.29, 0.717) is 26.8 Å². The van der Waals surface area contributed by atoms with Gasteiger partial charge >= 0.3 is 5.69 Å². The molecular weight excluding hydrogens is 604 g/mol. The monoisotopic (exact) mass is 626 g/mol. The summed E-state index contributed by atoms with van der Waals surface area (Å²) in [6.07, 6.45) is 2.15. The van der Waals surface area contributed by atoms with E-state index in [9.17, 15) is 14.9 Å². The molecule has 1 aromatic heterocycles. The van der Waals surface area contributed by atoms with E-state index in [1.54, 1.807) is 18.2 Å². The van der Waals surface area contributed by atoms with Crippen LogP contribution in [0.5, 0.6) is 5.75 Å². The van der Waals surface area contributed by atoms with Gasteiger partial charge in [0.05, 0.1) is 22.0 Å². The molecule has 0 aliphatic rings. The fourth-order valence-corrected chi connectivity index (χ4v) is 4.67. The van der Waals surface area contributed by atoms with Gasteiger partial charge in [0.2, 0.25) is 5.75 Å². The van der Waals surface area contributed by atoms with E-state index in [0.717, 1.165) is 22.0 Å². The molecule has 4 rings (SSSR count). The van der Waals surface area contributed by atoms with Crippen LogP contribution in [0.4, 0.5) is 5.69 Å². The minimum atomic E-state index is -0.500. The molecule has 3 aromatic carbocycles. The van der Waals surface area contributed by atoms with E-state index < -0.39 is 4.92 Å². The Labute approximate surface area is 230 Å². The summed E-state index contributed by atoms with van der Waals surface area (Å²) in [7, 11) is 0. The van der Waals surface area contributed by atoms with Crippen LogP contribution in [0.15, 0.2) is 73.4 Å². The maximum Gasteiger partial charge on any atom is 0.312 e. The molecule has 0 radical (unpaired) electrons. The molecule has 0 saturated heterocycles. The van der Waals surface area contributed by atoms with Crippen molar-refractivity contribution in [3.8, 4) is 5.75 Å². The average molecular weight is 628 g/mol. The summed E-state index contributed by atoms with van der Waals surface area (Å²) in [5.74, 6) is 0.519. The van der Waals surface area contributed by atoms with Crippen molar-refractivity contribution in [3.63, 3.8) is 0 Å². The van der Waals surface area contributed by atoms with Crippen LogP contribution in [0.2, 0.25) is 0 Å². The molecule has 0 saturated carbocycles. The molecule has 8 nitrogen and oxygen atoms in total. The first-order chi connectivity index (χ1) is 17.7. The Morgan fingerprint density at radius 2 is 1.95 bits per heavy atom. The van der Waals surface area contributed by atoms with E-state index in [1.807, 2.05) is 51.1 Å². The van der Waals surface area contributed by atoms with Gasteiger partial charge in [-0.1, -0.05) is 75.5 Å². The molecule has 0 bridgehead atoms. The van der Waals surface area contributed by atoms with Crippen LogP contribution in [0.25, 0.3) is 10.9 Å². The second-order valence-corrected chi connectivity index (χ2v) is 10.5. The van der Waals surface area contributed by atoms with Gasteiger partial charge in [0, 0.05) is 26.5 Å². The minimum absolute atomic E-state index is 0.0493. The average Bonchev–Trinajstić information content (AvgIpc) is 2.86. The number of hydrogen-bond donors (Lipinski definition) is 0. The number of nitro groups is 1. The molecule has 10 heteroatoms. The zero-order chi connectivity index (χ0) is 26.7. The lowest BCUT2D eigenvalue weighted by molar-refractivity contribution is -0.386. The summed E-state index contributed by atoms with van der Waals surface area (Å²) in [4.78, 5) is 29.5. The summed E-state index contributed by atoms with van der Waals surface area (Å²) < 4.78 is 8.47. The number of nitrogens with zero attached hydrogens (tertiary/aromatic N) is 4. The summed E-state index contributed by atoms with van der Waals surface area (Å²) in [5, 5.41) is 16.8. The fourth-order valence-electron chi connectivity index (χ4n) is 3.85. The number of aromatic nitrogens is 2. The number of nitro benzene ring substituents is 1. The molecule has 0 aliphatic carbocycles. The highest BCUT2D eigenvalue weighted by Gasteiger charge is 2.21. The highest BCUT2D eigenvalue weighted by atomic mass is 79.9. The van der Waals surface area contributed by atoms with Crippen LogP contribution in [-0.2, 0) is 6.61 Å². The Morgan fingerprint density at radius 3 is 2.65 bits per heavy atom. The molecule has 1 heterocycles. The lowest BCUT2D eigenvalue weighted by atomic mass is 10.1. The summed E-state index contributed by atoms with van der Waals surface area (Å²) in [6.45, 7) is 6.07. The Kier molecular flexibility index (Phi) is 8.19. The molecule has 1 atom stereocenters. The molecule has 0 aliphatic heterocycles. The van der Waals surface area contributed by atoms with Crippen molar-refractivity contribution in [2.45, 2.75) is 39.7 Å². The van der Waals surface area contributed by atoms with Crippen molar-refractivity contribution in [3.05, 3.63) is 107 Å². The van der Waals surface area contributed by atoms with Crippen molar-refractivity contribution < 1.29 is 9.66 Å². The largest absolute Gasteiger partial charge is 0.481 e. The maximum atomic E-state index is 13.5. The van der Waals surface area contributed by atoms with Crippen LogP contribution >= 0.6 is 31.9 Å². The van der Waals surface area contributed by atoms with E-state index in [-0.39, 0.29) is 29.5 Å². The number of ether oxygens (including phenoxy) is 1. The van der Waals surface area contributed by atoms with E-state index in [4.69, 9.17) is 9.72 Å². The zero-order valence-corrected chi connectivity index (χ0v) is 23.6. The van der Waals surface area contributed by atoms with Crippen LogP contribution in [-0.4, -0.2) is 20.8 Å². The van der Waals surface area contributed by atoms with Crippen molar-refractivity contribution in [1.82, 2.24) is 9.66 Å². The maximum absolute atomic E-state index is 13.5. The smallest absolute Gasteiger partial charge is 0.312 e. The van der Waals surface area contributed by atoms with Gasteiger partial charge < -0.3 is 4.74 Å². The zero-order valence-electron chi connectivity index (χ0n) is 20.4. The third kappa shape index (κ3) is 5.97. The first-order valence-electron chi connectivity index (χ1n) is 11.6. The first kappa shape index (κ1) is 26.7. The second-order valence-electron chi connectivity index (χ2n) is 8.68. The van der Waals surface area contributed by atoms with Crippen LogP contribution in [0.3, 0.4) is 0 Å². The van der Waals surface area contributed by atoms with Crippen molar-refractivity contribution in [2.75, 3.05) is 0 Å². The van der Waals surface area contributed by atoms with Crippen LogP contribution in [0, 0.1) is 17.0 Å². The lowest BCUT2D eigenvalue weighted by Crippen LogP contribution is -2.23. The van der Waals surface area contributed by atoms with Crippen molar-refractivity contribution in [1.29, 1.82) is 0 Å². The van der Waals surface area contributed by atoms with Gasteiger partial charge in [0.1, 0.15) is 12.4 Å². The predicted octanol–water partition coefficient (Wildman–Crippen LogP) is 7.11. The van der Waals surface area contributed by atoms with Gasteiger partial charge in [0.25, 0.3) is 5.56 Å².